The van der Waals surface area contributed by atoms with Gasteiger partial charge < -0.3 is 14.4 Å². The number of sulfonamides is 1. The van der Waals surface area contributed by atoms with E-state index in [2.05, 4.69) is 4.90 Å². The van der Waals surface area contributed by atoms with E-state index >= 15 is 0 Å². The highest BCUT2D eigenvalue weighted by Crippen LogP contribution is 2.23. The van der Waals surface area contributed by atoms with E-state index in [4.69, 9.17) is 9.47 Å². The van der Waals surface area contributed by atoms with Crippen LogP contribution < -0.4 is 4.74 Å². The molecule has 2 aliphatic rings. The Labute approximate surface area is 173 Å². The molecule has 2 fully saturated rings. The number of amides is 1. The first-order chi connectivity index (χ1) is 14.0. The van der Waals surface area contributed by atoms with Gasteiger partial charge in [0.2, 0.25) is 15.9 Å². The van der Waals surface area contributed by atoms with Crippen LogP contribution in [0.3, 0.4) is 0 Å². The van der Waals surface area contributed by atoms with Crippen LogP contribution in [0.5, 0.6) is 5.75 Å². The summed E-state index contributed by atoms with van der Waals surface area (Å²) in [5.74, 6) is 0.788. The Hall–Kier alpha value is -1.68. The molecule has 0 spiro atoms. The molecule has 1 atom stereocenters. The van der Waals surface area contributed by atoms with Crippen molar-refractivity contribution in [3.8, 4) is 5.75 Å². The second-order valence-electron chi connectivity index (χ2n) is 7.32. The molecule has 9 heteroatoms. The lowest BCUT2D eigenvalue weighted by Gasteiger charge is -2.26. The number of benzene rings is 1. The summed E-state index contributed by atoms with van der Waals surface area (Å²) in [6.45, 7) is 6.44. The molecule has 0 aliphatic carbocycles. The van der Waals surface area contributed by atoms with Crippen molar-refractivity contribution in [1.29, 1.82) is 0 Å². The zero-order valence-electron chi connectivity index (χ0n) is 17.2. The van der Waals surface area contributed by atoms with Gasteiger partial charge in [0.05, 0.1) is 24.2 Å². The molecule has 29 heavy (non-hydrogen) atoms. The smallest absolute Gasteiger partial charge is 0.243 e. The van der Waals surface area contributed by atoms with Crippen LogP contribution in [0.1, 0.15) is 19.8 Å². The molecule has 1 unspecified atom stereocenters. The van der Waals surface area contributed by atoms with Crippen LogP contribution in [-0.4, -0.2) is 94.1 Å². The maximum absolute atomic E-state index is 13.0. The van der Waals surface area contributed by atoms with Gasteiger partial charge in [0.15, 0.2) is 0 Å². The highest BCUT2D eigenvalue weighted by Gasteiger charge is 2.37. The molecule has 0 bridgehead atoms. The van der Waals surface area contributed by atoms with Crippen molar-refractivity contribution in [2.75, 3.05) is 59.6 Å². The van der Waals surface area contributed by atoms with Crippen molar-refractivity contribution in [3.63, 3.8) is 0 Å². The molecule has 8 nitrogen and oxygen atoms in total. The maximum Gasteiger partial charge on any atom is 0.243 e. The van der Waals surface area contributed by atoms with Crippen LogP contribution in [0, 0.1) is 0 Å². The van der Waals surface area contributed by atoms with E-state index in [1.54, 1.807) is 31.4 Å². The SMILES string of the molecule is CCOc1ccc(S(=O)(=O)N2CCCN(C3CCN(CCOC)C3=O)CC2)cc1. The number of methoxy groups -OCH3 is 1. The molecular formula is C20H31N3O5S. The minimum absolute atomic E-state index is 0.130. The van der Waals surface area contributed by atoms with Crippen LogP contribution in [-0.2, 0) is 19.6 Å². The molecular weight excluding hydrogens is 394 g/mol. The second-order valence-corrected chi connectivity index (χ2v) is 9.26. The van der Waals surface area contributed by atoms with E-state index in [1.165, 1.54) is 4.31 Å². The third-order valence-corrected chi connectivity index (χ3v) is 7.45. The summed E-state index contributed by atoms with van der Waals surface area (Å²) >= 11 is 0. The molecule has 0 aromatic heterocycles. The van der Waals surface area contributed by atoms with Crippen LogP contribution >= 0.6 is 0 Å². The number of ether oxygens (including phenoxy) is 2. The van der Waals surface area contributed by atoms with Gasteiger partial charge in [-0.3, -0.25) is 9.69 Å². The molecule has 2 heterocycles. The predicted octanol–water partition coefficient (Wildman–Crippen LogP) is 1.03. The maximum atomic E-state index is 13.0. The van der Waals surface area contributed by atoms with Crippen molar-refractivity contribution in [3.05, 3.63) is 24.3 Å². The van der Waals surface area contributed by atoms with E-state index < -0.39 is 10.0 Å². The zero-order chi connectivity index (χ0) is 20.9. The van der Waals surface area contributed by atoms with Crippen molar-refractivity contribution in [1.82, 2.24) is 14.1 Å². The molecule has 2 aliphatic heterocycles. The number of hydrogen-bond donors (Lipinski definition) is 0. The highest BCUT2D eigenvalue weighted by atomic mass is 32.2. The predicted molar refractivity (Wildman–Crippen MR) is 109 cm³/mol. The summed E-state index contributed by atoms with van der Waals surface area (Å²) in [5.41, 5.74) is 0. The van der Waals surface area contributed by atoms with Gasteiger partial charge in [-0.05, 0) is 44.0 Å². The van der Waals surface area contributed by atoms with Crippen molar-refractivity contribution in [2.45, 2.75) is 30.7 Å². The number of nitrogens with zero attached hydrogens (tertiary/aromatic N) is 3. The minimum atomic E-state index is -3.56. The summed E-state index contributed by atoms with van der Waals surface area (Å²) in [6.07, 6.45) is 1.49. The molecule has 0 N–H and O–H groups in total. The number of rotatable bonds is 8. The Kier molecular flexibility index (Phi) is 7.50. The highest BCUT2D eigenvalue weighted by molar-refractivity contribution is 7.89. The fourth-order valence-electron chi connectivity index (χ4n) is 3.97. The van der Waals surface area contributed by atoms with Crippen molar-refractivity contribution >= 4 is 15.9 Å². The molecule has 0 radical (unpaired) electrons. The Balaban J connectivity index is 1.62. The number of carbonyl (C=O) groups excluding carboxylic acids is 1. The average molecular weight is 426 g/mol. The third kappa shape index (κ3) is 5.09. The lowest BCUT2D eigenvalue weighted by Crippen LogP contribution is -2.44. The van der Waals surface area contributed by atoms with Crippen LogP contribution in [0.2, 0.25) is 0 Å². The minimum Gasteiger partial charge on any atom is -0.494 e. The molecule has 1 amide bonds. The van der Waals surface area contributed by atoms with E-state index in [-0.39, 0.29) is 16.8 Å². The molecule has 0 saturated carbocycles. The van der Waals surface area contributed by atoms with Gasteiger partial charge in [-0.2, -0.15) is 4.31 Å². The van der Waals surface area contributed by atoms with Gasteiger partial charge in [-0.15, -0.1) is 0 Å². The number of hydrogen-bond acceptors (Lipinski definition) is 6. The summed E-state index contributed by atoms with van der Waals surface area (Å²) in [4.78, 5) is 17.0. The number of likely N-dealkylation sites (tertiary alicyclic amines) is 1. The molecule has 2 saturated heterocycles. The molecule has 162 valence electrons. The zero-order valence-corrected chi connectivity index (χ0v) is 18.1. The van der Waals surface area contributed by atoms with Gasteiger partial charge in [-0.25, -0.2) is 8.42 Å². The van der Waals surface area contributed by atoms with Gasteiger partial charge in [0.25, 0.3) is 0 Å². The summed E-state index contributed by atoms with van der Waals surface area (Å²) < 4.78 is 38.1. The Morgan fingerprint density at radius 3 is 2.52 bits per heavy atom. The van der Waals surface area contributed by atoms with Crippen molar-refractivity contribution in [2.24, 2.45) is 0 Å². The first-order valence-electron chi connectivity index (χ1n) is 10.2. The van der Waals surface area contributed by atoms with Gasteiger partial charge in [-0.1, -0.05) is 0 Å². The van der Waals surface area contributed by atoms with E-state index in [0.717, 1.165) is 19.5 Å². The summed E-state index contributed by atoms with van der Waals surface area (Å²) in [6, 6.07) is 6.41. The molecule has 3 rings (SSSR count). The van der Waals surface area contributed by atoms with E-state index in [1.807, 2.05) is 11.8 Å². The average Bonchev–Trinajstić information content (AvgIpc) is 2.92. The Morgan fingerprint density at radius 2 is 1.83 bits per heavy atom. The summed E-state index contributed by atoms with van der Waals surface area (Å²) in [5, 5.41) is 0. The third-order valence-electron chi connectivity index (χ3n) is 5.54. The van der Waals surface area contributed by atoms with Gasteiger partial charge in [0.1, 0.15) is 5.75 Å². The van der Waals surface area contributed by atoms with Crippen LogP contribution in [0.15, 0.2) is 29.2 Å². The first-order valence-corrected chi connectivity index (χ1v) is 11.7. The van der Waals surface area contributed by atoms with Crippen molar-refractivity contribution < 1.29 is 22.7 Å². The quantitative estimate of drug-likeness (QED) is 0.619. The Bertz CT molecular complexity index is 784. The fraction of sp³-hybridized carbons (Fsp3) is 0.650. The standard InChI is InChI=1S/C20H31N3O5S/c1-3-28-17-5-7-18(8-6-17)29(25,26)23-11-4-10-21(13-14-23)19-9-12-22(20(19)24)15-16-27-2/h5-8,19H,3-4,9-16H2,1-2H3. The first kappa shape index (κ1) is 22.0. The van der Waals surface area contributed by atoms with E-state index in [0.29, 0.717) is 51.6 Å². The monoisotopic (exact) mass is 425 g/mol. The summed E-state index contributed by atoms with van der Waals surface area (Å²) in [7, 11) is -1.93. The van der Waals surface area contributed by atoms with Crippen LogP contribution in [0.25, 0.3) is 0 Å². The normalized spacial score (nSPS) is 22.1. The Morgan fingerprint density at radius 1 is 1.07 bits per heavy atom. The largest absolute Gasteiger partial charge is 0.494 e. The number of carbonyl (C=O) groups is 1. The lowest BCUT2D eigenvalue weighted by atomic mass is 10.2. The lowest BCUT2D eigenvalue weighted by molar-refractivity contribution is -0.132. The topological polar surface area (TPSA) is 79.4 Å². The van der Waals surface area contributed by atoms with E-state index in [9.17, 15) is 13.2 Å². The van der Waals surface area contributed by atoms with Crippen LogP contribution in [0.4, 0.5) is 0 Å². The molecule has 1 aromatic carbocycles. The van der Waals surface area contributed by atoms with Gasteiger partial charge in [0, 0.05) is 46.4 Å². The van der Waals surface area contributed by atoms with Gasteiger partial charge >= 0.3 is 0 Å². The molecule has 1 aromatic rings. The fourth-order valence-corrected chi connectivity index (χ4v) is 5.44. The second kappa shape index (κ2) is 9.88.